The van der Waals surface area contributed by atoms with E-state index in [-0.39, 0.29) is 11.5 Å². The minimum absolute atomic E-state index is 0.0608. The molecule has 0 heterocycles. The first-order valence-electron chi connectivity index (χ1n) is 5.38. The van der Waals surface area contributed by atoms with Crippen molar-refractivity contribution in [2.24, 2.45) is 5.73 Å². The van der Waals surface area contributed by atoms with E-state index in [1.165, 1.54) is 4.90 Å². The summed E-state index contributed by atoms with van der Waals surface area (Å²) in [6, 6.07) is 0. The Labute approximate surface area is 101 Å². The summed E-state index contributed by atoms with van der Waals surface area (Å²) in [5.41, 5.74) is 5.22. The van der Waals surface area contributed by atoms with Crippen LogP contribution >= 0.6 is 12.2 Å². The van der Waals surface area contributed by atoms with Crippen LogP contribution in [0.1, 0.15) is 26.7 Å². The molecule has 0 atom stereocenters. The van der Waals surface area contributed by atoms with Crippen LogP contribution in [0.3, 0.4) is 0 Å². The first-order chi connectivity index (χ1) is 7.52. The molecule has 3 N–H and O–H groups in total. The lowest BCUT2D eigenvalue weighted by Gasteiger charge is -2.19. The topological polar surface area (TPSA) is 75.4 Å². The van der Waals surface area contributed by atoms with E-state index in [0.29, 0.717) is 13.1 Å². The number of nitrogens with zero attached hydrogens (tertiary/aromatic N) is 1. The van der Waals surface area contributed by atoms with E-state index in [4.69, 9.17) is 5.73 Å². The van der Waals surface area contributed by atoms with Crippen LogP contribution in [-0.2, 0) is 9.59 Å². The van der Waals surface area contributed by atoms with E-state index in [1.807, 2.05) is 13.8 Å². The van der Waals surface area contributed by atoms with Crippen LogP contribution in [0.25, 0.3) is 0 Å². The maximum Gasteiger partial charge on any atom is 0.311 e. The molecule has 0 aliphatic heterocycles. The van der Waals surface area contributed by atoms with Crippen molar-refractivity contribution in [1.82, 2.24) is 10.2 Å². The fourth-order valence-electron chi connectivity index (χ4n) is 1.14. The van der Waals surface area contributed by atoms with Gasteiger partial charge in [0.1, 0.15) is 0 Å². The van der Waals surface area contributed by atoms with Crippen molar-refractivity contribution in [1.29, 1.82) is 0 Å². The quantitative estimate of drug-likeness (QED) is 0.511. The van der Waals surface area contributed by atoms with Gasteiger partial charge in [0.05, 0.1) is 11.5 Å². The number of likely N-dealkylation sites (N-methyl/N-ethyl adjacent to an activating group) is 1. The van der Waals surface area contributed by atoms with Crippen LogP contribution < -0.4 is 11.1 Å². The van der Waals surface area contributed by atoms with Crippen molar-refractivity contribution in [2.45, 2.75) is 26.7 Å². The molecule has 0 unspecified atom stereocenters. The summed E-state index contributed by atoms with van der Waals surface area (Å²) in [5.74, 6) is -1.17. The highest BCUT2D eigenvalue weighted by atomic mass is 32.1. The van der Waals surface area contributed by atoms with Gasteiger partial charge in [-0.2, -0.15) is 0 Å². The predicted octanol–water partition coefficient (Wildman–Crippen LogP) is 0.0373. The molecule has 0 aliphatic rings. The molecule has 0 aliphatic carbocycles. The molecule has 5 nitrogen and oxygen atoms in total. The van der Waals surface area contributed by atoms with Crippen LogP contribution in [0.2, 0.25) is 0 Å². The molecule has 6 heteroatoms. The van der Waals surface area contributed by atoms with Crippen LogP contribution in [0.15, 0.2) is 0 Å². The lowest BCUT2D eigenvalue weighted by atomic mass is 10.3. The first-order valence-corrected chi connectivity index (χ1v) is 5.79. The minimum atomic E-state index is -0.647. The summed E-state index contributed by atoms with van der Waals surface area (Å²) in [7, 11) is 0. The third-order valence-electron chi connectivity index (χ3n) is 2.07. The number of nitrogens with two attached hydrogens (primary N) is 1. The molecule has 92 valence electrons. The number of hydrogen-bond acceptors (Lipinski definition) is 3. The van der Waals surface area contributed by atoms with Gasteiger partial charge in [0, 0.05) is 13.1 Å². The summed E-state index contributed by atoms with van der Waals surface area (Å²) in [4.78, 5) is 24.7. The van der Waals surface area contributed by atoms with Gasteiger partial charge >= 0.3 is 11.8 Å². The van der Waals surface area contributed by atoms with Crippen molar-refractivity contribution in [3.8, 4) is 0 Å². The average Bonchev–Trinajstić information content (AvgIpc) is 2.26. The van der Waals surface area contributed by atoms with E-state index in [2.05, 4.69) is 17.5 Å². The molecule has 0 aromatic rings. The smallest absolute Gasteiger partial charge is 0.311 e. The number of thiocarbonyl (C=S) groups is 1. The minimum Gasteiger partial charge on any atom is -0.392 e. The van der Waals surface area contributed by atoms with Gasteiger partial charge in [-0.15, -0.1) is 0 Å². The number of amides is 2. The summed E-state index contributed by atoms with van der Waals surface area (Å²) >= 11 is 4.60. The zero-order valence-electron chi connectivity index (χ0n) is 9.78. The molecule has 0 radical (unpaired) electrons. The van der Waals surface area contributed by atoms with Gasteiger partial charge in [-0.1, -0.05) is 25.6 Å². The Kier molecular flexibility index (Phi) is 7.45. The van der Waals surface area contributed by atoms with Crippen LogP contribution in [0.5, 0.6) is 0 Å². The van der Waals surface area contributed by atoms with Gasteiger partial charge in [0.25, 0.3) is 0 Å². The zero-order chi connectivity index (χ0) is 12.6. The molecule has 0 spiro atoms. The summed E-state index contributed by atoms with van der Waals surface area (Å²) in [6.45, 7) is 5.07. The molecule has 0 aromatic heterocycles. The Morgan fingerprint density at radius 3 is 2.44 bits per heavy atom. The second-order valence-corrected chi connectivity index (χ2v) is 3.91. The van der Waals surface area contributed by atoms with Gasteiger partial charge in [0.15, 0.2) is 0 Å². The summed E-state index contributed by atoms with van der Waals surface area (Å²) in [5, 5.41) is 2.38. The number of hydrogen-bond donors (Lipinski definition) is 2. The van der Waals surface area contributed by atoms with Crippen molar-refractivity contribution in [3.63, 3.8) is 0 Å². The van der Waals surface area contributed by atoms with Crippen LogP contribution in [0.4, 0.5) is 0 Å². The van der Waals surface area contributed by atoms with Crippen molar-refractivity contribution >= 4 is 29.0 Å². The standard InChI is InChI=1S/C10H19N3O2S/c1-3-5-6-13(4-2)10(15)9(14)12-7-8(11)16/h3-7H2,1-2H3,(H2,11,16)(H,12,14). The highest BCUT2D eigenvalue weighted by molar-refractivity contribution is 7.80. The third kappa shape index (κ3) is 5.65. The second kappa shape index (κ2) is 8.04. The van der Waals surface area contributed by atoms with Gasteiger partial charge < -0.3 is 16.0 Å². The SMILES string of the molecule is CCCCN(CC)C(=O)C(=O)NCC(N)=S. The first kappa shape index (κ1) is 14.8. The third-order valence-corrected chi connectivity index (χ3v) is 2.21. The molecule has 0 bridgehead atoms. The Bertz CT molecular complexity index is 269. The molecule has 0 fully saturated rings. The monoisotopic (exact) mass is 245 g/mol. The number of nitrogens with one attached hydrogen (secondary N) is 1. The molecule has 2 amide bonds. The number of unbranched alkanes of at least 4 members (excludes halogenated alkanes) is 1. The molecule has 0 aromatic carbocycles. The fraction of sp³-hybridized carbons (Fsp3) is 0.700. The van der Waals surface area contributed by atoms with Gasteiger partial charge in [-0.25, -0.2) is 0 Å². The van der Waals surface area contributed by atoms with Gasteiger partial charge in [-0.05, 0) is 13.3 Å². The Balaban J connectivity index is 4.16. The number of carbonyl (C=O) groups excluding carboxylic acids is 2. The van der Waals surface area contributed by atoms with Crippen LogP contribution in [-0.4, -0.2) is 41.3 Å². The van der Waals surface area contributed by atoms with E-state index < -0.39 is 11.8 Å². The largest absolute Gasteiger partial charge is 0.392 e. The van der Waals surface area contributed by atoms with Crippen molar-refractivity contribution in [2.75, 3.05) is 19.6 Å². The maximum atomic E-state index is 11.6. The molecular formula is C10H19N3O2S. The second-order valence-electron chi connectivity index (χ2n) is 3.39. The van der Waals surface area contributed by atoms with Crippen molar-refractivity contribution < 1.29 is 9.59 Å². The van der Waals surface area contributed by atoms with Crippen molar-refractivity contribution in [3.05, 3.63) is 0 Å². The molecule has 0 rings (SSSR count). The fourth-order valence-corrected chi connectivity index (χ4v) is 1.21. The normalized spacial score (nSPS) is 9.62. The highest BCUT2D eigenvalue weighted by Gasteiger charge is 2.19. The Morgan fingerprint density at radius 1 is 1.38 bits per heavy atom. The summed E-state index contributed by atoms with van der Waals surface area (Å²) < 4.78 is 0. The maximum absolute atomic E-state index is 11.6. The van der Waals surface area contributed by atoms with Crippen LogP contribution in [0, 0.1) is 0 Å². The van der Waals surface area contributed by atoms with E-state index in [9.17, 15) is 9.59 Å². The van der Waals surface area contributed by atoms with Gasteiger partial charge in [-0.3, -0.25) is 9.59 Å². The average molecular weight is 245 g/mol. The lowest BCUT2D eigenvalue weighted by Crippen LogP contribution is -2.45. The molecular weight excluding hydrogens is 226 g/mol. The number of carbonyl (C=O) groups is 2. The van der Waals surface area contributed by atoms with E-state index >= 15 is 0 Å². The van der Waals surface area contributed by atoms with E-state index in [1.54, 1.807) is 0 Å². The van der Waals surface area contributed by atoms with E-state index in [0.717, 1.165) is 12.8 Å². The van der Waals surface area contributed by atoms with Gasteiger partial charge in [0.2, 0.25) is 0 Å². The molecule has 0 saturated carbocycles. The predicted molar refractivity (Wildman–Crippen MR) is 67.0 cm³/mol. The number of rotatable bonds is 6. The molecule has 0 saturated heterocycles. The molecule has 16 heavy (non-hydrogen) atoms. The zero-order valence-corrected chi connectivity index (χ0v) is 10.6. The highest BCUT2D eigenvalue weighted by Crippen LogP contribution is 1.95. The lowest BCUT2D eigenvalue weighted by molar-refractivity contribution is -0.145. The summed E-state index contributed by atoms with van der Waals surface area (Å²) in [6.07, 6.45) is 1.88. The Hall–Kier alpha value is -1.17. The Morgan fingerprint density at radius 2 is 2.00 bits per heavy atom.